The number of ether oxygens (including phenoxy) is 2. The minimum atomic E-state index is -2.17. The zero-order valence-corrected chi connectivity index (χ0v) is 38.4. The number of unbranched alkanes of at least 4 members (excludes halogenated alkanes) is 2. The van der Waals surface area contributed by atoms with Gasteiger partial charge in [-0.15, -0.1) is 0 Å². The number of esters is 1. The Kier molecular flexibility index (Phi) is 14.2. The third-order valence-electron chi connectivity index (χ3n) is 12.1. The molecule has 54 heavy (non-hydrogen) atoms. The minimum absolute atomic E-state index is 0.00634. The highest BCUT2D eigenvalue weighted by molar-refractivity contribution is 8.04. The number of phenolic OH excluding ortho intramolecular Hbond substituents is 1. The predicted molar refractivity (Wildman–Crippen MR) is 230 cm³/mol. The molecule has 7 nitrogen and oxygen atoms in total. The number of nitrogens with zero attached hydrogens (tertiary/aromatic N) is 1. The van der Waals surface area contributed by atoms with Crippen LogP contribution in [0.3, 0.4) is 0 Å². The van der Waals surface area contributed by atoms with Crippen molar-refractivity contribution >= 4 is 40.0 Å². The van der Waals surface area contributed by atoms with Crippen molar-refractivity contribution in [2.45, 2.75) is 155 Å². The number of carbonyl (C=O) groups is 2. The number of thioether (sulfide) groups is 1. The Hall–Kier alpha value is -2.54. The maximum Gasteiger partial charge on any atom is 0.356 e. The molecule has 5 atom stereocenters. The van der Waals surface area contributed by atoms with E-state index in [0.717, 1.165) is 61.3 Å². The summed E-state index contributed by atoms with van der Waals surface area (Å²) in [4.78, 5) is 30.2. The van der Waals surface area contributed by atoms with E-state index >= 15 is 0 Å². The van der Waals surface area contributed by atoms with E-state index < -0.39 is 27.8 Å². The lowest BCUT2D eigenvalue weighted by atomic mass is 9.73. The second-order valence-corrected chi connectivity index (χ2v) is 30.3. The second-order valence-electron chi connectivity index (χ2n) is 18.8. The van der Waals surface area contributed by atoms with Crippen LogP contribution in [-0.2, 0) is 25.2 Å². The number of benzene rings is 1. The smallest absolute Gasteiger partial charge is 0.356 e. The van der Waals surface area contributed by atoms with Gasteiger partial charge in [-0.25, -0.2) is 4.79 Å². The molecular weight excluding hydrogens is 727 g/mol. The van der Waals surface area contributed by atoms with Crippen LogP contribution in [0.4, 0.5) is 0 Å². The van der Waals surface area contributed by atoms with E-state index in [0.29, 0.717) is 23.0 Å². The average Bonchev–Trinajstić information content (AvgIpc) is 3.41. The molecule has 300 valence electrons. The van der Waals surface area contributed by atoms with Crippen LogP contribution < -0.4 is 4.74 Å². The maximum absolute atomic E-state index is 14.1. The SMILES string of the molecule is C=C(C)[C@@H]1CCC(C)=C[C@H]1c1c(O)cc(CCCCC)cc1OC/C=C/C1=C(C(=O)OCC[Si](C)(C)C)N2C(=O)[C@](C)([C@@H](C)O[Si](C)(C)C(C)(C)C)[C@H]2S1. The Morgan fingerprint density at radius 2 is 1.87 bits per heavy atom. The van der Waals surface area contributed by atoms with Gasteiger partial charge in [-0.2, -0.15) is 0 Å². The zero-order chi connectivity index (χ0) is 40.4. The lowest BCUT2D eigenvalue weighted by Gasteiger charge is -2.55. The van der Waals surface area contributed by atoms with E-state index in [-0.39, 0.29) is 46.6 Å². The van der Waals surface area contributed by atoms with Gasteiger partial charge in [0.25, 0.3) is 0 Å². The number of hydrogen-bond donors (Lipinski definition) is 1. The van der Waals surface area contributed by atoms with Crippen LogP contribution in [0.1, 0.15) is 105 Å². The molecular formula is C44H69NO6SSi2. The molecule has 2 heterocycles. The zero-order valence-electron chi connectivity index (χ0n) is 35.6. The van der Waals surface area contributed by atoms with Gasteiger partial charge in [0, 0.05) is 24.5 Å². The van der Waals surface area contributed by atoms with Crippen molar-refractivity contribution in [3.63, 3.8) is 0 Å². The number of allylic oxidation sites excluding steroid dienone is 4. The van der Waals surface area contributed by atoms with Gasteiger partial charge in [0.1, 0.15) is 34.6 Å². The van der Waals surface area contributed by atoms with Crippen molar-refractivity contribution in [3.8, 4) is 11.5 Å². The number of carbonyl (C=O) groups excluding carboxylic acids is 2. The number of hydrogen-bond acceptors (Lipinski definition) is 7. The van der Waals surface area contributed by atoms with Crippen molar-refractivity contribution in [2.24, 2.45) is 11.3 Å². The topological polar surface area (TPSA) is 85.3 Å². The average molecular weight is 796 g/mol. The van der Waals surface area contributed by atoms with Gasteiger partial charge in [-0.3, -0.25) is 9.69 Å². The fraction of sp³-hybridized carbons (Fsp3) is 0.636. The number of rotatable bonds is 17. The molecule has 0 aromatic heterocycles. The molecule has 1 amide bonds. The summed E-state index contributed by atoms with van der Waals surface area (Å²) in [5, 5.41) is 11.3. The van der Waals surface area contributed by atoms with Crippen LogP contribution in [0, 0.1) is 11.3 Å². The highest BCUT2D eigenvalue weighted by Crippen LogP contribution is 2.58. The lowest BCUT2D eigenvalue weighted by Crippen LogP contribution is -2.69. The van der Waals surface area contributed by atoms with Crippen LogP contribution in [0.25, 0.3) is 0 Å². The summed E-state index contributed by atoms with van der Waals surface area (Å²) in [5.41, 5.74) is 3.77. The van der Waals surface area contributed by atoms with E-state index in [1.54, 1.807) is 4.90 Å². The molecule has 1 fully saturated rings. The highest BCUT2D eigenvalue weighted by Gasteiger charge is 2.67. The first kappa shape index (κ1) is 44.2. The fourth-order valence-electron chi connectivity index (χ4n) is 7.36. The van der Waals surface area contributed by atoms with Gasteiger partial charge in [0.2, 0.25) is 5.91 Å². The molecule has 0 saturated carbocycles. The van der Waals surface area contributed by atoms with Crippen molar-refractivity contribution in [3.05, 3.63) is 69.8 Å². The first-order chi connectivity index (χ1) is 25.0. The Morgan fingerprint density at radius 1 is 1.19 bits per heavy atom. The van der Waals surface area contributed by atoms with Gasteiger partial charge >= 0.3 is 5.97 Å². The van der Waals surface area contributed by atoms with Gasteiger partial charge in [0.15, 0.2) is 8.32 Å². The normalized spacial score (nSPS) is 24.0. The van der Waals surface area contributed by atoms with Crippen molar-refractivity contribution < 1.29 is 28.6 Å². The third kappa shape index (κ3) is 9.70. The number of aromatic hydroxyl groups is 1. The summed E-state index contributed by atoms with van der Waals surface area (Å²) in [5.74, 6) is 0.542. The molecule has 0 bridgehead atoms. The van der Waals surface area contributed by atoms with Crippen molar-refractivity contribution in [1.29, 1.82) is 0 Å². The van der Waals surface area contributed by atoms with E-state index in [4.69, 9.17) is 13.9 Å². The van der Waals surface area contributed by atoms with Gasteiger partial charge in [-0.1, -0.05) is 95.7 Å². The molecule has 3 aliphatic rings. The predicted octanol–water partition coefficient (Wildman–Crippen LogP) is 11.5. The Balaban J connectivity index is 1.64. The highest BCUT2D eigenvalue weighted by atomic mass is 32.2. The van der Waals surface area contributed by atoms with Crippen LogP contribution in [-0.4, -0.2) is 63.0 Å². The Morgan fingerprint density at radius 3 is 2.48 bits per heavy atom. The van der Waals surface area contributed by atoms with Gasteiger partial charge < -0.3 is 19.0 Å². The molecule has 0 spiro atoms. The fourth-order valence-corrected chi connectivity index (χ4v) is 11.1. The minimum Gasteiger partial charge on any atom is -0.507 e. The molecule has 1 aromatic carbocycles. The molecule has 4 rings (SSSR count). The number of fused-ring (bicyclic) bond motifs is 1. The summed E-state index contributed by atoms with van der Waals surface area (Å²) in [7, 11) is -3.62. The van der Waals surface area contributed by atoms with E-state index in [9.17, 15) is 14.7 Å². The van der Waals surface area contributed by atoms with Crippen molar-refractivity contribution in [1.82, 2.24) is 4.90 Å². The van der Waals surface area contributed by atoms with E-state index in [1.165, 1.54) is 17.3 Å². The summed E-state index contributed by atoms with van der Waals surface area (Å²) in [6.45, 7) is 33.0. The largest absolute Gasteiger partial charge is 0.507 e. The first-order valence-corrected chi connectivity index (χ1v) is 27.6. The number of amides is 1. The van der Waals surface area contributed by atoms with E-state index in [1.807, 2.05) is 32.1 Å². The number of phenols is 1. The number of β-lactam (4-membered cyclic amide) rings is 1. The molecule has 1 aromatic rings. The van der Waals surface area contributed by atoms with Crippen LogP contribution in [0.15, 0.2) is 58.7 Å². The molecule has 1 saturated heterocycles. The van der Waals surface area contributed by atoms with Crippen LogP contribution >= 0.6 is 11.8 Å². The quantitative estimate of drug-likeness (QED) is 0.0552. The molecule has 10 heteroatoms. The standard InChI is InChI=1S/C44H69NO6SSi2/c1-15-16-17-19-32-27-35(46)38(34-26-30(4)21-22-33(34)29(2)3)36(28-32)49-23-18-20-37-39(40(47)50-24-25-53(10,11)12)45-41(48)44(9,42(45)52-37)31(5)51-54(13,14)43(6,7)8/h18,20,26-28,31,33-34,42,46H,2,15-17,19,21-25H2,1,3-14H3/b20-18+/t31-,33+,34-,42-,44+/m1/s1. The summed E-state index contributed by atoms with van der Waals surface area (Å²) in [6.07, 6.45) is 11.9. The van der Waals surface area contributed by atoms with Gasteiger partial charge in [0.05, 0.1) is 12.7 Å². The van der Waals surface area contributed by atoms with Crippen molar-refractivity contribution in [2.75, 3.05) is 13.2 Å². The molecule has 1 aliphatic carbocycles. The summed E-state index contributed by atoms with van der Waals surface area (Å²) in [6, 6.07) is 4.85. The monoisotopic (exact) mass is 795 g/mol. The molecule has 0 unspecified atom stereocenters. The summed E-state index contributed by atoms with van der Waals surface area (Å²) >= 11 is 1.53. The Labute approximate surface area is 333 Å². The van der Waals surface area contributed by atoms with Crippen LogP contribution in [0.5, 0.6) is 11.5 Å². The molecule has 1 N–H and O–H groups in total. The summed E-state index contributed by atoms with van der Waals surface area (Å²) < 4.78 is 19.2. The lowest BCUT2D eigenvalue weighted by molar-refractivity contribution is -0.170. The first-order valence-electron chi connectivity index (χ1n) is 20.1. The van der Waals surface area contributed by atoms with Gasteiger partial charge in [-0.05, 0) is 113 Å². The molecule has 2 aliphatic heterocycles. The number of aryl methyl sites for hydroxylation is 1. The Bertz CT molecular complexity index is 1670. The van der Waals surface area contributed by atoms with E-state index in [2.05, 4.69) is 93.0 Å². The van der Waals surface area contributed by atoms with Crippen LogP contribution in [0.2, 0.25) is 43.8 Å². The second kappa shape index (κ2) is 17.3. The molecule has 0 radical (unpaired) electrons. The maximum atomic E-state index is 14.1. The third-order valence-corrected chi connectivity index (χ3v) is 19.9.